The van der Waals surface area contributed by atoms with Crippen molar-refractivity contribution in [2.45, 2.75) is 17.7 Å². The number of fused-ring (bicyclic) bond motifs is 2. The van der Waals surface area contributed by atoms with Gasteiger partial charge >= 0.3 is 0 Å². The number of thioether (sulfide) groups is 1. The second-order valence-electron chi connectivity index (χ2n) is 6.24. The predicted octanol–water partition coefficient (Wildman–Crippen LogP) is 5.03. The summed E-state index contributed by atoms with van der Waals surface area (Å²) in [7, 11) is 0. The molecule has 0 saturated heterocycles. The fraction of sp³-hybridized carbons (Fsp3) is 0.100. The summed E-state index contributed by atoms with van der Waals surface area (Å²) in [6, 6.07) is 14.0. The number of aryl methyl sites for hydroxylation is 1. The predicted molar refractivity (Wildman–Crippen MR) is 116 cm³/mol. The Balaban J connectivity index is 1.47. The molecule has 28 heavy (non-hydrogen) atoms. The van der Waals surface area contributed by atoms with Crippen molar-refractivity contribution in [2.24, 2.45) is 0 Å². The Morgan fingerprint density at radius 1 is 1.14 bits per heavy atom. The Morgan fingerprint density at radius 3 is 2.86 bits per heavy atom. The number of hydrogen-bond donors (Lipinski definition) is 0. The summed E-state index contributed by atoms with van der Waals surface area (Å²) >= 11 is 4.73. The van der Waals surface area contributed by atoms with E-state index in [1.54, 1.807) is 39.9 Å². The lowest BCUT2D eigenvalue weighted by atomic mass is 10.2. The zero-order valence-corrected chi connectivity index (χ0v) is 17.3. The Morgan fingerprint density at radius 2 is 2.00 bits per heavy atom. The average molecular weight is 423 g/mol. The molecule has 4 heterocycles. The van der Waals surface area contributed by atoms with Gasteiger partial charge in [0.25, 0.3) is 5.56 Å². The van der Waals surface area contributed by atoms with Gasteiger partial charge in [-0.15, -0.1) is 22.7 Å². The van der Waals surface area contributed by atoms with Crippen LogP contribution in [-0.2, 0) is 5.75 Å². The highest BCUT2D eigenvalue weighted by molar-refractivity contribution is 7.98. The van der Waals surface area contributed by atoms with Crippen molar-refractivity contribution in [3.05, 3.63) is 75.9 Å². The largest absolute Gasteiger partial charge is 0.269 e. The lowest BCUT2D eigenvalue weighted by Gasteiger charge is -2.03. The number of rotatable bonds is 4. The minimum absolute atomic E-state index is 0.0333. The normalized spacial score (nSPS) is 11.5. The maximum absolute atomic E-state index is 12.4. The minimum Gasteiger partial charge on any atom is -0.269 e. The standard InChI is InChI=1S/C20H14N4OS3/c1-12-9-27-20-23-14(7-17(25)24(12)20)10-26-18-15-8-16(13-5-3-2-4-6-13)28-19(15)22-11-21-18/h2-9,11H,10H2,1H3. The van der Waals surface area contributed by atoms with E-state index in [9.17, 15) is 4.79 Å². The fourth-order valence-corrected chi connectivity index (χ4v) is 5.84. The van der Waals surface area contributed by atoms with E-state index in [0.717, 1.165) is 31.6 Å². The molecule has 0 unspecified atom stereocenters. The molecular formula is C20H14N4OS3. The van der Waals surface area contributed by atoms with Gasteiger partial charge in [0.1, 0.15) is 16.2 Å². The highest BCUT2D eigenvalue weighted by Crippen LogP contribution is 2.36. The molecule has 0 bridgehead atoms. The molecule has 0 fully saturated rings. The van der Waals surface area contributed by atoms with Gasteiger partial charge in [-0.2, -0.15) is 0 Å². The summed E-state index contributed by atoms with van der Waals surface area (Å²) in [4.78, 5) is 28.8. The highest BCUT2D eigenvalue weighted by atomic mass is 32.2. The lowest BCUT2D eigenvalue weighted by molar-refractivity contribution is 0.996. The lowest BCUT2D eigenvalue weighted by Crippen LogP contribution is -2.14. The van der Waals surface area contributed by atoms with Crippen LogP contribution in [0.1, 0.15) is 11.4 Å². The molecule has 4 aromatic heterocycles. The molecule has 5 rings (SSSR count). The van der Waals surface area contributed by atoms with E-state index in [2.05, 4.69) is 33.2 Å². The average Bonchev–Trinajstić information content (AvgIpc) is 3.31. The van der Waals surface area contributed by atoms with Crippen LogP contribution in [0.3, 0.4) is 0 Å². The topological polar surface area (TPSA) is 60.2 Å². The van der Waals surface area contributed by atoms with E-state index in [4.69, 9.17) is 0 Å². The van der Waals surface area contributed by atoms with E-state index in [-0.39, 0.29) is 5.56 Å². The zero-order valence-electron chi connectivity index (χ0n) is 14.8. The van der Waals surface area contributed by atoms with Gasteiger partial charge in [-0.25, -0.2) is 15.0 Å². The molecule has 138 valence electrons. The molecule has 0 saturated carbocycles. The summed E-state index contributed by atoms with van der Waals surface area (Å²) < 4.78 is 1.65. The third-order valence-corrected chi connectivity index (χ3v) is 7.41. The molecule has 0 aliphatic rings. The molecule has 0 aliphatic carbocycles. The summed E-state index contributed by atoms with van der Waals surface area (Å²) in [6.45, 7) is 1.92. The second-order valence-corrected chi connectivity index (χ2v) is 9.08. The van der Waals surface area contributed by atoms with Crippen molar-refractivity contribution in [1.29, 1.82) is 0 Å². The van der Waals surface area contributed by atoms with E-state index in [0.29, 0.717) is 5.75 Å². The summed E-state index contributed by atoms with van der Waals surface area (Å²) in [6.07, 6.45) is 1.60. The maximum Gasteiger partial charge on any atom is 0.258 e. The van der Waals surface area contributed by atoms with Crippen molar-refractivity contribution in [1.82, 2.24) is 19.4 Å². The van der Waals surface area contributed by atoms with Gasteiger partial charge in [-0.05, 0) is 18.6 Å². The van der Waals surface area contributed by atoms with E-state index < -0.39 is 0 Å². The van der Waals surface area contributed by atoms with E-state index >= 15 is 0 Å². The molecule has 5 nitrogen and oxygen atoms in total. The van der Waals surface area contributed by atoms with Crippen molar-refractivity contribution in [3.63, 3.8) is 0 Å². The molecule has 0 aliphatic heterocycles. The van der Waals surface area contributed by atoms with Gasteiger partial charge in [-0.3, -0.25) is 9.20 Å². The number of thiazole rings is 1. The first kappa shape index (κ1) is 17.5. The van der Waals surface area contributed by atoms with Crippen LogP contribution >= 0.6 is 34.4 Å². The molecule has 8 heteroatoms. The van der Waals surface area contributed by atoms with E-state index in [1.165, 1.54) is 21.8 Å². The van der Waals surface area contributed by atoms with E-state index in [1.807, 2.05) is 30.5 Å². The third kappa shape index (κ3) is 3.13. The number of aromatic nitrogens is 4. The summed E-state index contributed by atoms with van der Waals surface area (Å²) in [5.74, 6) is 0.589. The number of thiophene rings is 1. The van der Waals surface area contributed by atoms with Crippen LogP contribution in [0.5, 0.6) is 0 Å². The van der Waals surface area contributed by atoms with Crippen LogP contribution < -0.4 is 5.56 Å². The van der Waals surface area contributed by atoms with Gasteiger partial charge < -0.3 is 0 Å². The van der Waals surface area contributed by atoms with Crippen LogP contribution in [0, 0.1) is 6.92 Å². The quantitative estimate of drug-likeness (QED) is 0.300. The Kier molecular flexibility index (Phi) is 4.46. The second kappa shape index (κ2) is 7.12. The number of benzene rings is 1. The SMILES string of the molecule is Cc1csc2nc(CSc3ncnc4sc(-c5ccccc5)cc34)cc(=O)n12. The number of hydrogen-bond acceptors (Lipinski definition) is 7. The van der Waals surface area contributed by atoms with Crippen molar-refractivity contribution < 1.29 is 0 Å². The van der Waals surface area contributed by atoms with Crippen molar-refractivity contribution in [2.75, 3.05) is 0 Å². The smallest absolute Gasteiger partial charge is 0.258 e. The van der Waals surface area contributed by atoms with Crippen LogP contribution in [0.25, 0.3) is 25.6 Å². The molecule has 0 amide bonds. The third-order valence-electron chi connectivity index (χ3n) is 4.34. The highest BCUT2D eigenvalue weighted by Gasteiger charge is 2.12. The zero-order chi connectivity index (χ0) is 19.1. The van der Waals surface area contributed by atoms with Gasteiger partial charge in [0.05, 0.1) is 5.69 Å². The van der Waals surface area contributed by atoms with Gasteiger partial charge in [-0.1, -0.05) is 42.1 Å². The number of nitrogens with zero attached hydrogens (tertiary/aromatic N) is 4. The molecule has 5 aromatic rings. The fourth-order valence-electron chi connectivity index (χ4n) is 3.01. The molecule has 0 radical (unpaired) electrons. The molecular weight excluding hydrogens is 408 g/mol. The summed E-state index contributed by atoms with van der Waals surface area (Å²) in [5.41, 5.74) is 2.83. The van der Waals surface area contributed by atoms with Gasteiger partial charge in [0.2, 0.25) is 0 Å². The summed E-state index contributed by atoms with van der Waals surface area (Å²) in [5, 5.41) is 3.90. The van der Waals surface area contributed by atoms with Crippen molar-refractivity contribution >= 4 is 49.6 Å². The minimum atomic E-state index is -0.0333. The van der Waals surface area contributed by atoms with Crippen LogP contribution in [-0.4, -0.2) is 19.4 Å². The monoisotopic (exact) mass is 422 g/mol. The van der Waals surface area contributed by atoms with Crippen molar-refractivity contribution in [3.8, 4) is 10.4 Å². The first-order valence-corrected chi connectivity index (χ1v) is 11.3. The first-order chi connectivity index (χ1) is 13.7. The Hall–Kier alpha value is -2.55. The Labute approximate surface area is 172 Å². The molecule has 1 aromatic carbocycles. The van der Waals surface area contributed by atoms with Gasteiger partial charge in [0, 0.05) is 33.2 Å². The molecule has 0 spiro atoms. The van der Waals surface area contributed by atoms with Crippen LogP contribution in [0.4, 0.5) is 0 Å². The first-order valence-electron chi connectivity index (χ1n) is 8.58. The molecule has 0 atom stereocenters. The van der Waals surface area contributed by atoms with Crippen LogP contribution in [0.2, 0.25) is 0 Å². The Bertz CT molecular complexity index is 1350. The van der Waals surface area contributed by atoms with Crippen LogP contribution in [0.15, 0.2) is 64.0 Å². The maximum atomic E-state index is 12.4. The molecule has 0 N–H and O–H groups in total. The van der Waals surface area contributed by atoms with Gasteiger partial charge in [0.15, 0.2) is 4.96 Å².